The third kappa shape index (κ3) is 3.70. The third-order valence-corrected chi connectivity index (χ3v) is 11.4. The first kappa shape index (κ1) is 23.6. The fourth-order valence-corrected chi connectivity index (χ4v) is 9.04. The van der Waals surface area contributed by atoms with Crippen LogP contribution in [0, 0.1) is 52.3 Å². The van der Waals surface area contributed by atoms with Gasteiger partial charge in [-0.1, -0.05) is 71.3 Å². The Balaban J connectivity index is 1.61. The molecule has 4 aliphatic carbocycles. The molecule has 0 bridgehead atoms. The average molecular weight is 427 g/mol. The highest BCUT2D eigenvalue weighted by atomic mass is 16.3. The normalized spacial score (nSPS) is 45.2. The van der Waals surface area contributed by atoms with Gasteiger partial charge in [0.25, 0.3) is 0 Å². The van der Waals surface area contributed by atoms with E-state index in [9.17, 15) is 5.11 Å². The molecule has 4 aliphatic rings. The summed E-state index contributed by atoms with van der Waals surface area (Å²) in [6, 6.07) is 0. The molecule has 3 fully saturated rings. The van der Waals surface area contributed by atoms with E-state index < -0.39 is 0 Å². The van der Waals surface area contributed by atoms with Crippen molar-refractivity contribution in [3.05, 3.63) is 22.8 Å². The van der Waals surface area contributed by atoms with Gasteiger partial charge in [0.1, 0.15) is 0 Å². The summed E-state index contributed by atoms with van der Waals surface area (Å²) in [6.07, 6.45) is 13.0. The fourth-order valence-electron chi connectivity index (χ4n) is 9.04. The van der Waals surface area contributed by atoms with E-state index >= 15 is 0 Å². The van der Waals surface area contributed by atoms with E-state index in [1.54, 1.807) is 5.57 Å². The summed E-state index contributed by atoms with van der Waals surface area (Å²) in [5.74, 6) is 4.88. The van der Waals surface area contributed by atoms with Crippen molar-refractivity contribution in [2.45, 2.75) is 113 Å². The molecule has 0 amide bonds. The van der Waals surface area contributed by atoms with E-state index in [0.717, 1.165) is 24.2 Å². The highest BCUT2D eigenvalue weighted by molar-refractivity contribution is 5.35. The van der Waals surface area contributed by atoms with Gasteiger partial charge in [0.05, 0.1) is 6.10 Å². The predicted molar refractivity (Wildman–Crippen MR) is 133 cm³/mol. The molecule has 31 heavy (non-hydrogen) atoms. The Morgan fingerprint density at radius 1 is 1.00 bits per heavy atom. The number of aliphatic hydroxyl groups excluding tert-OH is 1. The van der Waals surface area contributed by atoms with Crippen LogP contribution in [0.15, 0.2) is 22.8 Å². The van der Waals surface area contributed by atoms with Gasteiger partial charge < -0.3 is 5.11 Å². The summed E-state index contributed by atoms with van der Waals surface area (Å²) in [7, 11) is 0. The number of hydrogen-bond donors (Lipinski definition) is 1. The molecule has 0 heterocycles. The number of fused-ring (bicyclic) bond motifs is 4. The van der Waals surface area contributed by atoms with Gasteiger partial charge in [-0.05, 0) is 111 Å². The molecule has 4 rings (SSSR count). The standard InChI is InChI=1S/C30H50O/c1-18(2)21(5)19(3)17-20(4)24-11-12-26-23-9-10-25-22(6)28(31)14-16-30(25,8)27(23)13-15-29(24,26)7/h17-18,20-22,24-25,27-28,31H,9-16H2,1-8H3/b19-17+/t20-,21-,22+,24-,25+,27+,28+,29-,30+/m1/s1. The van der Waals surface area contributed by atoms with Crippen LogP contribution in [0.5, 0.6) is 0 Å². The molecular formula is C30H50O. The first-order valence-corrected chi connectivity index (χ1v) is 13.6. The summed E-state index contributed by atoms with van der Waals surface area (Å²) in [4.78, 5) is 0. The smallest absolute Gasteiger partial charge is 0.0568 e. The summed E-state index contributed by atoms with van der Waals surface area (Å²) in [5, 5.41) is 10.5. The number of hydrogen-bond acceptors (Lipinski definition) is 1. The van der Waals surface area contributed by atoms with Crippen LogP contribution in [0.25, 0.3) is 0 Å². The Hall–Kier alpha value is -0.560. The summed E-state index contributed by atoms with van der Waals surface area (Å²) < 4.78 is 0. The number of aliphatic hydroxyl groups is 1. The second-order valence-corrected chi connectivity index (χ2v) is 13.1. The highest BCUT2D eigenvalue weighted by Crippen LogP contribution is 2.66. The molecule has 0 aromatic carbocycles. The van der Waals surface area contributed by atoms with Crippen LogP contribution >= 0.6 is 0 Å². The van der Waals surface area contributed by atoms with Crippen LogP contribution in [-0.2, 0) is 0 Å². The molecule has 1 N–H and O–H groups in total. The highest BCUT2D eigenvalue weighted by Gasteiger charge is 2.56. The van der Waals surface area contributed by atoms with E-state index in [1.807, 2.05) is 11.1 Å². The minimum absolute atomic E-state index is 0.0684. The van der Waals surface area contributed by atoms with E-state index in [0.29, 0.717) is 34.5 Å². The molecule has 9 atom stereocenters. The lowest BCUT2D eigenvalue weighted by molar-refractivity contribution is -0.0777. The maximum atomic E-state index is 10.5. The van der Waals surface area contributed by atoms with Crippen LogP contribution in [0.1, 0.15) is 107 Å². The van der Waals surface area contributed by atoms with Gasteiger partial charge in [0.2, 0.25) is 0 Å². The van der Waals surface area contributed by atoms with Crippen molar-refractivity contribution < 1.29 is 5.11 Å². The van der Waals surface area contributed by atoms with Gasteiger partial charge in [-0.15, -0.1) is 0 Å². The Morgan fingerprint density at radius 2 is 1.71 bits per heavy atom. The predicted octanol–water partition coefficient (Wildman–Crippen LogP) is 8.19. The second kappa shape index (κ2) is 8.34. The SMILES string of the molecule is C/C(=C\[C@@H](C)[C@H]1CCC2=C3CC[C@H]4[C@H](C)[C@@H](O)CC[C@]4(C)[C@H]3CC[C@@]21C)[C@H](C)C(C)C. The summed E-state index contributed by atoms with van der Waals surface area (Å²) in [5.41, 5.74) is 6.23. The van der Waals surface area contributed by atoms with Crippen LogP contribution in [-0.4, -0.2) is 11.2 Å². The molecule has 1 heteroatoms. The van der Waals surface area contributed by atoms with Crippen molar-refractivity contribution >= 4 is 0 Å². The third-order valence-electron chi connectivity index (χ3n) is 11.4. The number of allylic oxidation sites excluding steroid dienone is 4. The molecule has 0 aromatic heterocycles. The number of rotatable bonds is 4. The molecular weight excluding hydrogens is 376 g/mol. The van der Waals surface area contributed by atoms with E-state index in [4.69, 9.17) is 0 Å². The van der Waals surface area contributed by atoms with Crippen molar-refractivity contribution in [3.63, 3.8) is 0 Å². The fraction of sp³-hybridized carbons (Fsp3) is 0.867. The zero-order valence-electron chi connectivity index (χ0n) is 21.8. The van der Waals surface area contributed by atoms with Crippen LogP contribution in [0.2, 0.25) is 0 Å². The van der Waals surface area contributed by atoms with Gasteiger partial charge in [-0.25, -0.2) is 0 Å². The second-order valence-electron chi connectivity index (χ2n) is 13.1. The minimum atomic E-state index is -0.0684. The first-order chi connectivity index (χ1) is 14.5. The van der Waals surface area contributed by atoms with Gasteiger partial charge in [-0.2, -0.15) is 0 Å². The van der Waals surface area contributed by atoms with Gasteiger partial charge in [-0.3, -0.25) is 0 Å². The Kier molecular flexibility index (Phi) is 6.35. The monoisotopic (exact) mass is 426 g/mol. The van der Waals surface area contributed by atoms with Crippen molar-refractivity contribution in [2.75, 3.05) is 0 Å². The van der Waals surface area contributed by atoms with Crippen molar-refractivity contribution in [1.82, 2.24) is 0 Å². The Bertz CT molecular complexity index is 744. The molecule has 0 unspecified atom stereocenters. The first-order valence-electron chi connectivity index (χ1n) is 13.6. The van der Waals surface area contributed by atoms with E-state index in [1.165, 1.54) is 44.9 Å². The van der Waals surface area contributed by atoms with Crippen LogP contribution in [0.4, 0.5) is 0 Å². The van der Waals surface area contributed by atoms with Crippen LogP contribution < -0.4 is 0 Å². The lowest BCUT2D eigenvalue weighted by Crippen LogP contribution is -2.51. The molecule has 0 aliphatic heterocycles. The lowest BCUT2D eigenvalue weighted by atomic mass is 9.47. The maximum Gasteiger partial charge on any atom is 0.0568 e. The summed E-state index contributed by atoms with van der Waals surface area (Å²) >= 11 is 0. The van der Waals surface area contributed by atoms with E-state index in [-0.39, 0.29) is 6.10 Å². The molecule has 0 radical (unpaired) electrons. The van der Waals surface area contributed by atoms with Crippen molar-refractivity contribution in [1.29, 1.82) is 0 Å². The largest absolute Gasteiger partial charge is 0.393 e. The molecule has 1 nitrogen and oxygen atoms in total. The Labute approximate surface area is 193 Å². The van der Waals surface area contributed by atoms with Crippen molar-refractivity contribution in [3.8, 4) is 0 Å². The molecule has 176 valence electrons. The molecule has 3 saturated carbocycles. The molecule has 0 spiro atoms. The average Bonchev–Trinajstić information content (AvgIpc) is 3.07. The van der Waals surface area contributed by atoms with Gasteiger partial charge >= 0.3 is 0 Å². The van der Waals surface area contributed by atoms with E-state index in [2.05, 4.69) is 61.5 Å². The molecule has 0 aromatic rings. The Morgan fingerprint density at radius 3 is 2.39 bits per heavy atom. The van der Waals surface area contributed by atoms with Gasteiger partial charge in [0.15, 0.2) is 0 Å². The summed E-state index contributed by atoms with van der Waals surface area (Å²) in [6.45, 7) is 19.6. The zero-order valence-corrected chi connectivity index (χ0v) is 21.8. The van der Waals surface area contributed by atoms with Crippen molar-refractivity contribution in [2.24, 2.45) is 52.3 Å². The minimum Gasteiger partial charge on any atom is -0.393 e. The maximum absolute atomic E-state index is 10.5. The molecule has 0 saturated heterocycles. The topological polar surface area (TPSA) is 20.2 Å². The quantitative estimate of drug-likeness (QED) is 0.449. The van der Waals surface area contributed by atoms with Gasteiger partial charge in [0, 0.05) is 0 Å². The van der Waals surface area contributed by atoms with Crippen LogP contribution in [0.3, 0.4) is 0 Å². The zero-order chi connectivity index (χ0) is 22.7. The lowest BCUT2D eigenvalue weighted by Gasteiger charge is -2.58.